The van der Waals surface area contributed by atoms with Gasteiger partial charge >= 0.3 is 11.8 Å². The van der Waals surface area contributed by atoms with Gasteiger partial charge in [-0.05, 0) is 34.5 Å². The number of benzene rings is 1. The van der Waals surface area contributed by atoms with Crippen molar-refractivity contribution < 1.29 is 14.4 Å². The maximum absolute atomic E-state index is 11.6. The molecule has 0 bridgehead atoms. The number of halogens is 1. The molecule has 0 fully saturated rings. The van der Waals surface area contributed by atoms with Crippen molar-refractivity contribution in [1.29, 1.82) is 0 Å². The van der Waals surface area contributed by atoms with Crippen LogP contribution in [-0.4, -0.2) is 31.3 Å². The number of carbonyl (C=O) groups excluding carboxylic acids is 3. The molecule has 0 heterocycles. The summed E-state index contributed by atoms with van der Waals surface area (Å²) < 4.78 is 0.700. The molecular formula is C12H14BrN3O3. The Kier molecular flexibility index (Phi) is 6.59. The van der Waals surface area contributed by atoms with E-state index >= 15 is 0 Å². The van der Waals surface area contributed by atoms with E-state index in [2.05, 4.69) is 31.9 Å². The molecule has 0 aromatic heterocycles. The zero-order valence-electron chi connectivity index (χ0n) is 10.1. The summed E-state index contributed by atoms with van der Waals surface area (Å²) in [5.74, 6) is -1.43. The molecular weight excluding hydrogens is 314 g/mol. The number of hydrogen-bond donors (Lipinski definition) is 3. The summed E-state index contributed by atoms with van der Waals surface area (Å²) in [5.41, 5.74) is 0.533. The highest BCUT2D eigenvalue weighted by Gasteiger charge is 2.13. The van der Waals surface area contributed by atoms with Crippen LogP contribution in [0.15, 0.2) is 28.7 Å². The number of carbonyl (C=O) groups is 3. The van der Waals surface area contributed by atoms with E-state index in [4.69, 9.17) is 0 Å². The van der Waals surface area contributed by atoms with E-state index in [1.54, 1.807) is 24.3 Å². The van der Waals surface area contributed by atoms with Crippen molar-refractivity contribution in [2.24, 2.45) is 0 Å². The summed E-state index contributed by atoms with van der Waals surface area (Å²) in [6.07, 6.45) is 1.15. The van der Waals surface area contributed by atoms with Crippen molar-refractivity contribution in [3.05, 3.63) is 28.7 Å². The Morgan fingerprint density at radius 2 is 1.89 bits per heavy atom. The van der Waals surface area contributed by atoms with Crippen LogP contribution in [0.1, 0.15) is 6.42 Å². The minimum absolute atomic E-state index is 0.322. The predicted octanol–water partition coefficient (Wildman–Crippen LogP) is 0.640. The van der Waals surface area contributed by atoms with Gasteiger partial charge in [-0.15, -0.1) is 0 Å². The van der Waals surface area contributed by atoms with E-state index in [9.17, 15) is 14.4 Å². The van der Waals surface area contributed by atoms with Crippen molar-refractivity contribution in [1.82, 2.24) is 10.6 Å². The fraction of sp³-hybridized carbons (Fsp3) is 0.250. The number of nitrogens with one attached hydrogen (secondary N) is 3. The fourth-order valence-corrected chi connectivity index (χ4v) is 1.66. The van der Waals surface area contributed by atoms with E-state index in [-0.39, 0.29) is 0 Å². The van der Waals surface area contributed by atoms with E-state index in [1.807, 2.05) is 0 Å². The number of hydrogen-bond acceptors (Lipinski definition) is 3. The lowest BCUT2D eigenvalue weighted by molar-refractivity contribution is -0.136. The second-order valence-corrected chi connectivity index (χ2v) is 4.47. The standard InChI is InChI=1S/C12H14BrN3O3/c13-9-4-1-2-5-10(9)16-12(19)11(18)15-7-3-6-14-8-17/h1-2,4-5,8H,3,6-7H2,(H,14,17)(H,15,18)(H,16,19). The fourth-order valence-electron chi connectivity index (χ4n) is 1.27. The summed E-state index contributed by atoms with van der Waals surface area (Å²) in [5, 5.41) is 7.41. The van der Waals surface area contributed by atoms with Gasteiger partial charge in [-0.2, -0.15) is 0 Å². The van der Waals surface area contributed by atoms with Crippen LogP contribution in [0, 0.1) is 0 Å². The summed E-state index contributed by atoms with van der Waals surface area (Å²) in [6.45, 7) is 0.776. The van der Waals surface area contributed by atoms with Crippen LogP contribution >= 0.6 is 15.9 Å². The van der Waals surface area contributed by atoms with Crippen LogP contribution in [0.2, 0.25) is 0 Å². The van der Waals surface area contributed by atoms with Gasteiger partial charge in [-0.25, -0.2) is 0 Å². The highest BCUT2D eigenvalue weighted by molar-refractivity contribution is 9.10. The molecule has 3 N–H and O–H groups in total. The van der Waals surface area contributed by atoms with Crippen LogP contribution in [0.25, 0.3) is 0 Å². The minimum Gasteiger partial charge on any atom is -0.359 e. The molecule has 0 unspecified atom stereocenters. The molecule has 0 saturated heterocycles. The molecule has 19 heavy (non-hydrogen) atoms. The quantitative estimate of drug-likeness (QED) is 0.407. The minimum atomic E-state index is -0.727. The first-order chi connectivity index (χ1) is 9.15. The molecule has 3 amide bonds. The second-order valence-electron chi connectivity index (χ2n) is 3.62. The van der Waals surface area contributed by atoms with Gasteiger partial charge in [-0.1, -0.05) is 12.1 Å². The topological polar surface area (TPSA) is 87.3 Å². The van der Waals surface area contributed by atoms with Gasteiger partial charge < -0.3 is 16.0 Å². The van der Waals surface area contributed by atoms with Gasteiger partial charge in [0, 0.05) is 17.6 Å². The van der Waals surface area contributed by atoms with Gasteiger partial charge in [0.15, 0.2) is 0 Å². The van der Waals surface area contributed by atoms with Crippen LogP contribution in [0.3, 0.4) is 0 Å². The van der Waals surface area contributed by atoms with Gasteiger partial charge in [0.25, 0.3) is 0 Å². The zero-order valence-corrected chi connectivity index (χ0v) is 11.7. The highest BCUT2D eigenvalue weighted by atomic mass is 79.9. The molecule has 7 heteroatoms. The third-order valence-electron chi connectivity index (χ3n) is 2.20. The van der Waals surface area contributed by atoms with Crippen molar-refractivity contribution in [2.45, 2.75) is 6.42 Å². The van der Waals surface area contributed by atoms with Gasteiger partial charge in [-0.3, -0.25) is 14.4 Å². The van der Waals surface area contributed by atoms with Crippen molar-refractivity contribution in [3.63, 3.8) is 0 Å². The zero-order chi connectivity index (χ0) is 14.1. The second kappa shape index (κ2) is 8.25. The van der Waals surface area contributed by atoms with E-state index < -0.39 is 11.8 Å². The lowest BCUT2D eigenvalue weighted by Gasteiger charge is -2.07. The first-order valence-electron chi connectivity index (χ1n) is 5.66. The Morgan fingerprint density at radius 3 is 2.58 bits per heavy atom. The largest absolute Gasteiger partial charge is 0.359 e. The summed E-state index contributed by atoms with van der Waals surface area (Å²) in [6, 6.07) is 7.01. The monoisotopic (exact) mass is 327 g/mol. The molecule has 1 rings (SSSR count). The maximum atomic E-state index is 11.6. The number of rotatable bonds is 6. The highest BCUT2D eigenvalue weighted by Crippen LogP contribution is 2.20. The van der Waals surface area contributed by atoms with E-state index in [1.165, 1.54) is 0 Å². The molecule has 1 aromatic rings. The maximum Gasteiger partial charge on any atom is 0.313 e. The number of amides is 3. The number of para-hydroxylation sites is 1. The summed E-state index contributed by atoms with van der Waals surface area (Å²) in [7, 11) is 0. The molecule has 6 nitrogen and oxygen atoms in total. The molecule has 0 aliphatic rings. The Bertz CT molecular complexity index is 465. The summed E-state index contributed by atoms with van der Waals surface area (Å²) in [4.78, 5) is 33.0. The molecule has 1 aromatic carbocycles. The summed E-state index contributed by atoms with van der Waals surface area (Å²) >= 11 is 3.27. The van der Waals surface area contributed by atoms with Crippen LogP contribution in [0.5, 0.6) is 0 Å². The smallest absolute Gasteiger partial charge is 0.313 e. The van der Waals surface area contributed by atoms with Crippen molar-refractivity contribution in [2.75, 3.05) is 18.4 Å². The predicted molar refractivity (Wildman–Crippen MR) is 74.5 cm³/mol. The molecule has 0 saturated carbocycles. The van der Waals surface area contributed by atoms with E-state index in [0.717, 1.165) is 0 Å². The van der Waals surface area contributed by atoms with E-state index in [0.29, 0.717) is 36.1 Å². The normalized spacial score (nSPS) is 9.53. The molecule has 0 aliphatic heterocycles. The SMILES string of the molecule is O=CNCCCNC(=O)C(=O)Nc1ccccc1Br. The van der Waals surface area contributed by atoms with Gasteiger partial charge in [0.05, 0.1) is 5.69 Å². The average Bonchev–Trinajstić information content (AvgIpc) is 2.41. The molecule has 0 atom stereocenters. The first-order valence-corrected chi connectivity index (χ1v) is 6.45. The Labute approximate surface area is 119 Å². The average molecular weight is 328 g/mol. The lowest BCUT2D eigenvalue weighted by Crippen LogP contribution is -2.36. The molecule has 0 spiro atoms. The van der Waals surface area contributed by atoms with Crippen LogP contribution in [-0.2, 0) is 14.4 Å². The Hall–Kier alpha value is -1.89. The van der Waals surface area contributed by atoms with Crippen LogP contribution in [0.4, 0.5) is 5.69 Å². The molecule has 102 valence electrons. The van der Waals surface area contributed by atoms with Crippen LogP contribution < -0.4 is 16.0 Å². The third-order valence-corrected chi connectivity index (χ3v) is 2.89. The van der Waals surface area contributed by atoms with Crippen molar-refractivity contribution in [3.8, 4) is 0 Å². The number of anilines is 1. The Balaban J connectivity index is 2.35. The van der Waals surface area contributed by atoms with Gasteiger partial charge in [0.1, 0.15) is 0 Å². The Morgan fingerprint density at radius 1 is 1.16 bits per heavy atom. The first kappa shape index (κ1) is 15.2. The molecule has 0 aliphatic carbocycles. The van der Waals surface area contributed by atoms with Gasteiger partial charge in [0.2, 0.25) is 6.41 Å². The molecule has 0 radical (unpaired) electrons. The lowest BCUT2D eigenvalue weighted by atomic mass is 10.3. The third kappa shape index (κ3) is 5.52. The van der Waals surface area contributed by atoms with Crippen molar-refractivity contribution >= 4 is 39.8 Å².